The Hall–Kier alpha value is -2.21. The summed E-state index contributed by atoms with van der Waals surface area (Å²) in [6.45, 7) is 0. The van der Waals surface area contributed by atoms with Gasteiger partial charge in [-0.15, -0.1) is 0 Å². The molecule has 0 bridgehead atoms. The van der Waals surface area contributed by atoms with E-state index >= 15 is 0 Å². The first-order valence-electron chi connectivity index (χ1n) is 8.60. The maximum Gasteiger partial charge on any atom is 0.405 e. The van der Waals surface area contributed by atoms with Crippen LogP contribution in [0.15, 0.2) is 72.8 Å². The van der Waals surface area contributed by atoms with Crippen molar-refractivity contribution in [1.29, 1.82) is 0 Å². The maximum atomic E-state index is 4.83. The van der Waals surface area contributed by atoms with Crippen molar-refractivity contribution < 1.29 is 21.1 Å². The largest absolute Gasteiger partial charge is 0.405 e. The van der Waals surface area contributed by atoms with Crippen LogP contribution < -0.4 is 9.62 Å². The van der Waals surface area contributed by atoms with Gasteiger partial charge in [0.2, 0.25) is 0 Å². The number of aromatic nitrogens is 2. The second kappa shape index (κ2) is 7.00. The minimum Gasteiger partial charge on any atom is -0.342 e. The molecule has 137 valence electrons. The number of anilines is 4. The number of hydrogen-bond acceptors (Lipinski definition) is 6. The fraction of sp³-hybridized carbons (Fsp3) is 0. The molecule has 1 aliphatic rings. The van der Waals surface area contributed by atoms with E-state index in [1.54, 1.807) is 22.7 Å². The van der Waals surface area contributed by atoms with Gasteiger partial charge in [0.1, 0.15) is 0 Å². The van der Waals surface area contributed by atoms with Crippen LogP contribution in [0.4, 0.5) is 21.6 Å². The number of para-hydroxylation sites is 4. The van der Waals surface area contributed by atoms with Crippen LogP contribution in [0.3, 0.4) is 0 Å². The van der Waals surface area contributed by atoms with Gasteiger partial charge in [0, 0.05) is 21.1 Å². The van der Waals surface area contributed by atoms with Gasteiger partial charge in [0.25, 0.3) is 0 Å². The van der Waals surface area contributed by atoms with Crippen molar-refractivity contribution in [1.82, 2.24) is 9.97 Å². The van der Waals surface area contributed by atoms with E-state index < -0.39 is 0 Å². The van der Waals surface area contributed by atoms with Gasteiger partial charge in [0.05, 0.1) is 31.8 Å². The molecule has 6 rings (SSSR count). The van der Waals surface area contributed by atoms with E-state index in [1.165, 1.54) is 9.40 Å². The van der Waals surface area contributed by atoms with Crippen molar-refractivity contribution >= 4 is 72.3 Å². The molecule has 1 radical (unpaired) electrons. The fourth-order valence-electron chi connectivity index (χ4n) is 3.34. The van der Waals surface area contributed by atoms with Crippen LogP contribution in [0, 0.1) is 0 Å². The third-order valence-electron chi connectivity index (χ3n) is 4.61. The van der Waals surface area contributed by atoms with Gasteiger partial charge in [-0.1, -0.05) is 59.1 Å². The SMILES string of the molecule is [B]1N(c2nc3ccccc3s2)c2ccccc2N1c1nc2ccccc2s1.[Pt]. The number of nitrogens with zero attached hydrogens (tertiary/aromatic N) is 4. The topological polar surface area (TPSA) is 32.3 Å². The van der Waals surface area contributed by atoms with Crippen molar-refractivity contribution in [2.24, 2.45) is 0 Å². The second-order valence-corrected chi connectivity index (χ2v) is 8.29. The number of fused-ring (bicyclic) bond motifs is 3. The third-order valence-corrected chi connectivity index (χ3v) is 6.68. The van der Waals surface area contributed by atoms with Gasteiger partial charge in [0.15, 0.2) is 10.3 Å². The standard InChI is InChI=1S/C20H12BN4S2.Pt/c1-5-11-17-13(7-1)22-19(26-17)24-15-9-3-4-10-16(15)25(21-24)20-23-14-8-2-6-12-18(14)27-20;/h1-12H;. The van der Waals surface area contributed by atoms with E-state index in [9.17, 15) is 0 Å². The van der Waals surface area contributed by atoms with Gasteiger partial charge in [-0.25, -0.2) is 9.97 Å². The molecule has 0 atom stereocenters. The van der Waals surface area contributed by atoms with Crippen LogP contribution in [-0.4, -0.2) is 17.5 Å². The summed E-state index contributed by atoms with van der Waals surface area (Å²) in [6.07, 6.45) is 0. The average molecular weight is 578 g/mol. The zero-order valence-corrected chi connectivity index (χ0v) is 18.3. The molecule has 28 heavy (non-hydrogen) atoms. The molecule has 8 heteroatoms. The zero-order chi connectivity index (χ0) is 17.8. The van der Waals surface area contributed by atoms with E-state index in [-0.39, 0.29) is 21.1 Å². The first kappa shape index (κ1) is 17.9. The maximum absolute atomic E-state index is 4.83. The molecule has 0 saturated heterocycles. The predicted octanol–water partition coefficient (Wildman–Crippen LogP) is 5.73. The molecular formula is C20H12BN4PtS2. The summed E-state index contributed by atoms with van der Waals surface area (Å²) >= 11 is 3.40. The summed E-state index contributed by atoms with van der Waals surface area (Å²) in [4.78, 5) is 14.0. The normalized spacial score (nSPS) is 12.9. The third kappa shape index (κ3) is 2.77. The van der Waals surface area contributed by atoms with E-state index in [2.05, 4.69) is 77.8 Å². The molecule has 0 aliphatic carbocycles. The van der Waals surface area contributed by atoms with Crippen LogP contribution in [-0.2, 0) is 21.1 Å². The summed E-state index contributed by atoms with van der Waals surface area (Å²) in [5.41, 5.74) is 4.30. The summed E-state index contributed by atoms with van der Waals surface area (Å²) in [7, 11) is 2.10. The van der Waals surface area contributed by atoms with Crippen molar-refractivity contribution in [2.75, 3.05) is 9.62 Å². The monoisotopic (exact) mass is 578 g/mol. The Morgan fingerprint density at radius 2 is 1.04 bits per heavy atom. The molecule has 0 spiro atoms. The van der Waals surface area contributed by atoms with Gasteiger partial charge in [-0.05, 0) is 36.4 Å². The average Bonchev–Trinajstić information content (AvgIpc) is 3.41. The Labute approximate surface area is 185 Å². The van der Waals surface area contributed by atoms with E-state index in [0.717, 1.165) is 32.7 Å². The van der Waals surface area contributed by atoms with E-state index in [0.29, 0.717) is 0 Å². The molecule has 4 nitrogen and oxygen atoms in total. The molecule has 0 N–H and O–H groups in total. The quantitative estimate of drug-likeness (QED) is 0.251. The minimum absolute atomic E-state index is 0. The van der Waals surface area contributed by atoms with Crippen molar-refractivity contribution in [2.45, 2.75) is 0 Å². The summed E-state index contributed by atoms with van der Waals surface area (Å²) in [6, 6.07) is 24.9. The number of hydrogen-bond donors (Lipinski definition) is 0. The van der Waals surface area contributed by atoms with Gasteiger partial charge >= 0.3 is 7.55 Å². The fourth-order valence-corrected chi connectivity index (χ4v) is 5.24. The van der Waals surface area contributed by atoms with Crippen molar-refractivity contribution in [3.63, 3.8) is 0 Å². The molecule has 0 unspecified atom stereocenters. The molecule has 5 aromatic rings. The molecule has 0 amide bonds. The predicted molar refractivity (Wildman–Crippen MR) is 116 cm³/mol. The summed E-state index contributed by atoms with van der Waals surface area (Å²) < 4.78 is 2.38. The Morgan fingerprint density at radius 3 is 1.50 bits per heavy atom. The summed E-state index contributed by atoms with van der Waals surface area (Å²) in [5.74, 6) is 0. The first-order chi connectivity index (χ1) is 13.4. The molecule has 0 saturated carbocycles. The number of thiazole rings is 2. The van der Waals surface area contributed by atoms with Crippen LogP contribution in [0.5, 0.6) is 0 Å². The second-order valence-electron chi connectivity index (χ2n) is 6.27. The molecule has 1 aliphatic heterocycles. The minimum atomic E-state index is 0. The van der Waals surface area contributed by atoms with Crippen LogP contribution in [0.25, 0.3) is 20.4 Å². The van der Waals surface area contributed by atoms with E-state index in [1.807, 2.05) is 12.1 Å². The Morgan fingerprint density at radius 1 is 0.607 bits per heavy atom. The molecular weight excluding hydrogens is 566 g/mol. The Bertz CT molecular complexity index is 1140. The number of rotatable bonds is 2. The van der Waals surface area contributed by atoms with Crippen LogP contribution >= 0.6 is 22.7 Å². The zero-order valence-electron chi connectivity index (χ0n) is 14.4. The van der Waals surface area contributed by atoms with Gasteiger partial charge in [-0.2, -0.15) is 0 Å². The van der Waals surface area contributed by atoms with E-state index in [4.69, 9.17) is 9.97 Å². The Kier molecular flexibility index (Phi) is 4.46. The molecule has 0 fully saturated rings. The Balaban J connectivity index is 0.00000171. The first-order valence-corrected chi connectivity index (χ1v) is 10.2. The molecule has 2 aromatic heterocycles. The smallest absolute Gasteiger partial charge is 0.342 e. The summed E-state index contributed by atoms with van der Waals surface area (Å²) in [5, 5.41) is 1.93. The van der Waals surface area contributed by atoms with Crippen molar-refractivity contribution in [3.05, 3.63) is 72.8 Å². The van der Waals surface area contributed by atoms with Crippen LogP contribution in [0.2, 0.25) is 0 Å². The number of benzene rings is 3. The van der Waals surface area contributed by atoms with Gasteiger partial charge < -0.3 is 9.62 Å². The van der Waals surface area contributed by atoms with Crippen molar-refractivity contribution in [3.8, 4) is 0 Å². The van der Waals surface area contributed by atoms with Crippen LogP contribution in [0.1, 0.15) is 0 Å². The molecule has 3 heterocycles. The van der Waals surface area contributed by atoms with Gasteiger partial charge in [-0.3, -0.25) is 0 Å². The molecule has 3 aromatic carbocycles.